The van der Waals surface area contributed by atoms with Crippen LogP contribution in [0.2, 0.25) is 10.0 Å². The lowest BCUT2D eigenvalue weighted by Crippen LogP contribution is -2.32. The van der Waals surface area contributed by atoms with Crippen LogP contribution < -0.4 is 10.1 Å². The number of nitrogens with one attached hydrogen (secondary N) is 1. The Balaban J connectivity index is 1.92. The molecule has 0 saturated carbocycles. The molecule has 0 aliphatic carbocycles. The Labute approximate surface area is 109 Å². The molecular formula is C11H11Cl2NO3. The van der Waals surface area contributed by atoms with Gasteiger partial charge in [-0.1, -0.05) is 23.2 Å². The average molecular weight is 276 g/mol. The second-order valence-electron chi connectivity index (χ2n) is 3.66. The summed E-state index contributed by atoms with van der Waals surface area (Å²) >= 11 is 11.7. The van der Waals surface area contributed by atoms with Crippen LogP contribution in [-0.2, 0) is 9.53 Å². The lowest BCUT2D eigenvalue weighted by Gasteiger charge is -2.12. The largest absolute Gasteiger partial charge is 0.487 e. The molecule has 0 bridgehead atoms. The van der Waals surface area contributed by atoms with Gasteiger partial charge < -0.3 is 14.8 Å². The second-order valence-corrected chi connectivity index (χ2v) is 4.50. The van der Waals surface area contributed by atoms with Crippen molar-refractivity contribution in [3.8, 4) is 5.75 Å². The molecule has 6 heteroatoms. The molecule has 1 amide bonds. The maximum atomic E-state index is 11.2. The molecule has 0 aromatic heterocycles. The fourth-order valence-corrected chi connectivity index (χ4v) is 1.92. The van der Waals surface area contributed by atoms with E-state index in [2.05, 4.69) is 5.32 Å². The van der Waals surface area contributed by atoms with Gasteiger partial charge in [-0.05, 0) is 25.1 Å². The molecule has 2 unspecified atom stereocenters. The van der Waals surface area contributed by atoms with Crippen molar-refractivity contribution >= 4 is 29.1 Å². The van der Waals surface area contributed by atoms with Crippen LogP contribution in [0, 0.1) is 0 Å². The van der Waals surface area contributed by atoms with E-state index in [1.807, 2.05) is 0 Å². The number of ether oxygens (including phenoxy) is 2. The number of rotatable bonds is 3. The highest BCUT2D eigenvalue weighted by Crippen LogP contribution is 2.27. The highest BCUT2D eigenvalue weighted by atomic mass is 35.5. The molecule has 1 aromatic rings. The lowest BCUT2D eigenvalue weighted by molar-refractivity contribution is -0.122. The highest BCUT2D eigenvalue weighted by molar-refractivity contribution is 6.35. The van der Waals surface area contributed by atoms with E-state index in [9.17, 15) is 4.79 Å². The molecule has 1 aromatic carbocycles. The molecule has 4 nitrogen and oxygen atoms in total. The van der Waals surface area contributed by atoms with E-state index in [-0.39, 0.29) is 12.5 Å². The first-order valence-corrected chi connectivity index (χ1v) is 5.85. The molecule has 0 radical (unpaired) electrons. The molecule has 0 spiro atoms. The van der Waals surface area contributed by atoms with Crippen molar-refractivity contribution in [1.29, 1.82) is 0 Å². The van der Waals surface area contributed by atoms with Crippen molar-refractivity contribution in [3.05, 3.63) is 28.2 Å². The number of carbonyl (C=O) groups is 1. The maximum Gasteiger partial charge on any atom is 0.251 e. The van der Waals surface area contributed by atoms with Crippen LogP contribution in [0.1, 0.15) is 6.92 Å². The normalized spacial score (nSPS) is 23.6. The Hall–Kier alpha value is -0.970. The van der Waals surface area contributed by atoms with Gasteiger partial charge in [-0.3, -0.25) is 4.79 Å². The summed E-state index contributed by atoms with van der Waals surface area (Å²) in [5.41, 5.74) is 0. The van der Waals surface area contributed by atoms with Crippen LogP contribution in [-0.4, -0.2) is 24.8 Å². The molecule has 1 N–H and O–H groups in total. The monoisotopic (exact) mass is 275 g/mol. The third-order valence-corrected chi connectivity index (χ3v) is 2.86. The quantitative estimate of drug-likeness (QED) is 0.921. The van der Waals surface area contributed by atoms with Crippen molar-refractivity contribution in [3.63, 3.8) is 0 Å². The zero-order chi connectivity index (χ0) is 12.4. The smallest absolute Gasteiger partial charge is 0.251 e. The molecule has 1 saturated heterocycles. The van der Waals surface area contributed by atoms with Crippen LogP contribution in [0.4, 0.5) is 0 Å². The first kappa shape index (κ1) is 12.5. The van der Waals surface area contributed by atoms with Crippen LogP contribution in [0.15, 0.2) is 18.2 Å². The summed E-state index contributed by atoms with van der Waals surface area (Å²) in [7, 11) is 0. The first-order chi connectivity index (χ1) is 8.06. The molecule has 1 aliphatic rings. The second kappa shape index (κ2) is 5.12. The average Bonchev–Trinajstić information content (AvgIpc) is 2.57. The molecule has 2 atom stereocenters. The number of halogens is 2. The predicted octanol–water partition coefficient (Wildman–Crippen LogP) is 2.23. The van der Waals surface area contributed by atoms with Crippen molar-refractivity contribution in [1.82, 2.24) is 5.32 Å². The summed E-state index contributed by atoms with van der Waals surface area (Å²) in [4.78, 5) is 11.2. The van der Waals surface area contributed by atoms with E-state index < -0.39 is 12.3 Å². The summed E-state index contributed by atoms with van der Waals surface area (Å²) in [6, 6.07) is 4.94. The predicted molar refractivity (Wildman–Crippen MR) is 64.4 cm³/mol. The van der Waals surface area contributed by atoms with E-state index in [0.29, 0.717) is 15.8 Å². The van der Waals surface area contributed by atoms with Gasteiger partial charge in [-0.2, -0.15) is 0 Å². The Morgan fingerprint density at radius 1 is 1.47 bits per heavy atom. The molecule has 1 aliphatic heterocycles. The van der Waals surface area contributed by atoms with Crippen LogP contribution in [0.25, 0.3) is 0 Å². The van der Waals surface area contributed by atoms with E-state index >= 15 is 0 Å². The van der Waals surface area contributed by atoms with Crippen LogP contribution in [0.3, 0.4) is 0 Å². The highest BCUT2D eigenvalue weighted by Gasteiger charge is 2.29. The summed E-state index contributed by atoms with van der Waals surface area (Å²) in [6.45, 7) is 1.89. The number of carbonyl (C=O) groups excluding carboxylic acids is 1. The summed E-state index contributed by atoms with van der Waals surface area (Å²) < 4.78 is 10.7. The first-order valence-electron chi connectivity index (χ1n) is 5.10. The topological polar surface area (TPSA) is 47.6 Å². The van der Waals surface area contributed by atoms with Gasteiger partial charge in [0.2, 0.25) is 0 Å². The van der Waals surface area contributed by atoms with E-state index in [1.54, 1.807) is 25.1 Å². The standard InChI is InChI=1S/C11H11Cl2NO3/c1-6-11(15)14-10(17-6)5-16-9-3-2-7(12)4-8(9)13/h2-4,6,10H,5H2,1H3,(H,14,15). The van der Waals surface area contributed by atoms with Crippen LogP contribution in [0.5, 0.6) is 5.75 Å². The summed E-state index contributed by atoms with van der Waals surface area (Å²) in [5, 5.41) is 3.62. The summed E-state index contributed by atoms with van der Waals surface area (Å²) in [5.74, 6) is 0.370. The minimum Gasteiger partial charge on any atom is -0.487 e. The van der Waals surface area contributed by atoms with Gasteiger partial charge in [0.05, 0.1) is 5.02 Å². The molecule has 1 fully saturated rings. The van der Waals surface area contributed by atoms with Gasteiger partial charge in [-0.25, -0.2) is 0 Å². The van der Waals surface area contributed by atoms with E-state index in [1.165, 1.54) is 0 Å². The van der Waals surface area contributed by atoms with Gasteiger partial charge in [-0.15, -0.1) is 0 Å². The minimum absolute atomic E-state index is 0.138. The van der Waals surface area contributed by atoms with Crippen LogP contribution >= 0.6 is 23.2 Å². The van der Waals surface area contributed by atoms with E-state index in [0.717, 1.165) is 0 Å². The zero-order valence-corrected chi connectivity index (χ0v) is 10.6. The van der Waals surface area contributed by atoms with E-state index in [4.69, 9.17) is 32.7 Å². The van der Waals surface area contributed by atoms with Gasteiger partial charge in [0, 0.05) is 5.02 Å². The number of amides is 1. The third kappa shape index (κ3) is 3.03. The number of hydrogen-bond acceptors (Lipinski definition) is 3. The van der Waals surface area contributed by atoms with Gasteiger partial charge in [0.15, 0.2) is 6.23 Å². The van der Waals surface area contributed by atoms with Crippen molar-refractivity contribution in [2.24, 2.45) is 0 Å². The molecular weight excluding hydrogens is 265 g/mol. The SMILES string of the molecule is CC1OC(COc2ccc(Cl)cc2Cl)NC1=O. The zero-order valence-electron chi connectivity index (χ0n) is 9.07. The summed E-state index contributed by atoms with van der Waals surface area (Å²) in [6.07, 6.45) is -0.881. The van der Waals surface area contributed by atoms with Crippen molar-refractivity contribution < 1.29 is 14.3 Å². The van der Waals surface area contributed by atoms with Gasteiger partial charge in [0.1, 0.15) is 18.5 Å². The molecule has 17 heavy (non-hydrogen) atoms. The Kier molecular flexibility index (Phi) is 3.76. The maximum absolute atomic E-state index is 11.2. The Morgan fingerprint density at radius 3 is 2.82 bits per heavy atom. The lowest BCUT2D eigenvalue weighted by atomic mass is 10.3. The molecule has 92 valence electrons. The molecule has 2 rings (SSSR count). The minimum atomic E-state index is -0.441. The fourth-order valence-electron chi connectivity index (χ4n) is 1.46. The Bertz CT molecular complexity index is 439. The Morgan fingerprint density at radius 2 is 2.24 bits per heavy atom. The fraction of sp³-hybridized carbons (Fsp3) is 0.364. The third-order valence-electron chi connectivity index (χ3n) is 2.33. The van der Waals surface area contributed by atoms with Crippen molar-refractivity contribution in [2.75, 3.05) is 6.61 Å². The van der Waals surface area contributed by atoms with Gasteiger partial charge >= 0.3 is 0 Å². The van der Waals surface area contributed by atoms with Gasteiger partial charge in [0.25, 0.3) is 5.91 Å². The number of benzene rings is 1. The van der Waals surface area contributed by atoms with Crippen molar-refractivity contribution in [2.45, 2.75) is 19.3 Å². The number of hydrogen-bond donors (Lipinski definition) is 1. The molecule has 1 heterocycles.